The van der Waals surface area contributed by atoms with Gasteiger partial charge in [0, 0.05) is 20.1 Å². The van der Waals surface area contributed by atoms with Crippen molar-refractivity contribution in [1.82, 2.24) is 0 Å². The lowest BCUT2D eigenvalue weighted by atomic mass is 10.2. The highest BCUT2D eigenvalue weighted by molar-refractivity contribution is 5.62. The van der Waals surface area contributed by atoms with Gasteiger partial charge in [-0.25, -0.2) is 0 Å². The van der Waals surface area contributed by atoms with Crippen LogP contribution >= 0.6 is 0 Å². The van der Waals surface area contributed by atoms with Crippen LogP contribution < -0.4 is 0 Å². The molecule has 18 heavy (non-hydrogen) atoms. The molecule has 0 aliphatic carbocycles. The molecule has 1 aromatic rings. The average Bonchev–Trinajstić information content (AvgIpc) is 2.20. The van der Waals surface area contributed by atoms with Crippen LogP contribution in [0.25, 0.3) is 0 Å². The standard InChI is InChI=1S/C7H8.C3H8O.C2H4O2.CH4O.H2O/c1-7-5-3-2-4-6-7;1-3(2)4;1-2(3)4;1-2;/h2-6H,1H3;3-4H,1-2H3;1H3,(H,3,4);2H,1H3;1H2. The van der Waals surface area contributed by atoms with Gasteiger partial charge >= 0.3 is 0 Å². The highest BCUT2D eigenvalue weighted by Crippen LogP contribution is 1.92. The van der Waals surface area contributed by atoms with Crippen LogP contribution in [0.4, 0.5) is 0 Å². The molecule has 1 rings (SSSR count). The number of carboxylic acids is 1. The fourth-order valence-corrected chi connectivity index (χ4v) is 0.534. The highest BCUT2D eigenvalue weighted by atomic mass is 16.4. The van der Waals surface area contributed by atoms with Crippen LogP contribution in [0, 0.1) is 6.92 Å². The SMILES string of the molecule is CC(=O)O.CC(C)O.CO.Cc1ccccc1.O. The van der Waals surface area contributed by atoms with Crippen molar-refractivity contribution in [2.24, 2.45) is 0 Å². The van der Waals surface area contributed by atoms with Crippen molar-refractivity contribution < 1.29 is 25.6 Å². The zero-order valence-electron chi connectivity index (χ0n) is 11.7. The second-order valence-corrected chi connectivity index (χ2v) is 3.27. The summed E-state index contributed by atoms with van der Waals surface area (Å²) >= 11 is 0. The van der Waals surface area contributed by atoms with Crippen LogP contribution in [0.2, 0.25) is 0 Å². The summed E-state index contributed by atoms with van der Waals surface area (Å²) in [6.45, 7) is 6.61. The minimum atomic E-state index is -0.833. The van der Waals surface area contributed by atoms with E-state index < -0.39 is 5.97 Å². The van der Waals surface area contributed by atoms with Crippen molar-refractivity contribution in [3.63, 3.8) is 0 Å². The van der Waals surface area contributed by atoms with E-state index in [1.165, 1.54) is 5.56 Å². The molecule has 0 radical (unpaired) electrons. The van der Waals surface area contributed by atoms with Crippen LogP contribution in [-0.2, 0) is 4.79 Å². The number of carbonyl (C=O) groups is 1. The summed E-state index contributed by atoms with van der Waals surface area (Å²) in [5.41, 5.74) is 1.32. The molecule has 0 aliphatic rings. The molecule has 108 valence electrons. The molecule has 0 atom stereocenters. The van der Waals surface area contributed by atoms with Gasteiger partial charge in [-0.05, 0) is 20.8 Å². The molecule has 0 aliphatic heterocycles. The number of aliphatic carboxylic acids is 1. The third-order valence-corrected chi connectivity index (χ3v) is 0.940. The average molecular weight is 262 g/mol. The first kappa shape index (κ1) is 25.4. The highest BCUT2D eigenvalue weighted by Gasteiger charge is 1.72. The summed E-state index contributed by atoms with van der Waals surface area (Å²) in [6, 6.07) is 10.3. The van der Waals surface area contributed by atoms with Crippen molar-refractivity contribution >= 4 is 5.97 Å². The Morgan fingerprint density at radius 2 is 1.33 bits per heavy atom. The Morgan fingerprint density at radius 3 is 1.44 bits per heavy atom. The third-order valence-electron chi connectivity index (χ3n) is 0.940. The van der Waals surface area contributed by atoms with Gasteiger partial charge in [0.15, 0.2) is 0 Å². The van der Waals surface area contributed by atoms with Crippen molar-refractivity contribution in [3.8, 4) is 0 Å². The number of hydrogen-bond acceptors (Lipinski definition) is 3. The molecule has 5 heteroatoms. The molecule has 0 spiro atoms. The Kier molecular flexibility index (Phi) is 29.5. The van der Waals surface area contributed by atoms with E-state index in [2.05, 4.69) is 19.1 Å². The number of rotatable bonds is 0. The first-order valence-electron chi connectivity index (χ1n) is 5.20. The smallest absolute Gasteiger partial charge is 0.300 e. The van der Waals surface area contributed by atoms with Gasteiger partial charge in [-0.3, -0.25) is 4.79 Å². The van der Waals surface area contributed by atoms with E-state index in [1.807, 2.05) is 18.2 Å². The van der Waals surface area contributed by atoms with Gasteiger partial charge in [0.05, 0.1) is 0 Å². The van der Waals surface area contributed by atoms with Crippen LogP contribution in [-0.4, -0.2) is 40.0 Å². The van der Waals surface area contributed by atoms with Crippen LogP contribution in [0.5, 0.6) is 0 Å². The van der Waals surface area contributed by atoms with Crippen LogP contribution in [0.1, 0.15) is 26.3 Å². The summed E-state index contributed by atoms with van der Waals surface area (Å²) < 4.78 is 0. The second-order valence-electron chi connectivity index (χ2n) is 3.27. The molecule has 0 fully saturated rings. The molecule has 0 aromatic heterocycles. The van der Waals surface area contributed by atoms with Crippen molar-refractivity contribution in [2.45, 2.75) is 33.8 Å². The van der Waals surface area contributed by atoms with Crippen molar-refractivity contribution in [3.05, 3.63) is 35.9 Å². The van der Waals surface area contributed by atoms with E-state index in [-0.39, 0.29) is 11.6 Å². The number of aliphatic hydroxyl groups excluding tert-OH is 2. The number of benzene rings is 1. The Bertz CT molecular complexity index is 240. The first-order chi connectivity index (χ1) is 7.86. The molecular weight excluding hydrogens is 236 g/mol. The summed E-state index contributed by atoms with van der Waals surface area (Å²) in [6.07, 6.45) is -0.167. The summed E-state index contributed by atoms with van der Waals surface area (Å²) in [5.74, 6) is -0.833. The fourth-order valence-electron chi connectivity index (χ4n) is 0.534. The molecule has 0 saturated heterocycles. The first-order valence-corrected chi connectivity index (χ1v) is 5.20. The minimum absolute atomic E-state index is 0. The number of aryl methyl sites for hydroxylation is 1. The molecule has 0 heterocycles. The Labute approximate surface area is 109 Å². The maximum absolute atomic E-state index is 9.00. The normalized spacial score (nSPS) is 7.11. The topological polar surface area (TPSA) is 109 Å². The Morgan fingerprint density at radius 1 is 1.11 bits per heavy atom. The number of aliphatic hydroxyl groups is 2. The van der Waals surface area contributed by atoms with Gasteiger partial charge < -0.3 is 20.8 Å². The Balaban J connectivity index is -0.0000000789. The lowest BCUT2D eigenvalue weighted by Crippen LogP contribution is -1.85. The van der Waals surface area contributed by atoms with E-state index in [0.29, 0.717) is 0 Å². The van der Waals surface area contributed by atoms with Gasteiger partial charge in [0.25, 0.3) is 5.97 Å². The van der Waals surface area contributed by atoms with Gasteiger partial charge in [-0.1, -0.05) is 35.9 Å². The molecule has 0 unspecified atom stereocenters. The van der Waals surface area contributed by atoms with Crippen LogP contribution in [0.3, 0.4) is 0 Å². The van der Waals surface area contributed by atoms with E-state index >= 15 is 0 Å². The minimum Gasteiger partial charge on any atom is -0.481 e. The molecular formula is C13H26O5. The Hall–Kier alpha value is -1.43. The molecule has 0 bridgehead atoms. The zero-order valence-corrected chi connectivity index (χ0v) is 11.7. The van der Waals surface area contributed by atoms with E-state index in [1.54, 1.807) is 13.8 Å². The van der Waals surface area contributed by atoms with Gasteiger partial charge in [0.2, 0.25) is 0 Å². The summed E-state index contributed by atoms with van der Waals surface area (Å²) in [7, 11) is 1.00. The maximum Gasteiger partial charge on any atom is 0.300 e. The van der Waals surface area contributed by atoms with E-state index in [9.17, 15) is 0 Å². The van der Waals surface area contributed by atoms with Crippen LogP contribution in [0.15, 0.2) is 30.3 Å². The van der Waals surface area contributed by atoms with Gasteiger partial charge in [-0.15, -0.1) is 0 Å². The maximum atomic E-state index is 9.00. The molecule has 0 amide bonds. The second kappa shape index (κ2) is 20.9. The van der Waals surface area contributed by atoms with E-state index in [4.69, 9.17) is 20.1 Å². The monoisotopic (exact) mass is 262 g/mol. The van der Waals surface area contributed by atoms with Gasteiger partial charge in [-0.2, -0.15) is 0 Å². The molecule has 5 nitrogen and oxygen atoms in total. The molecule has 0 saturated carbocycles. The molecule has 1 aromatic carbocycles. The van der Waals surface area contributed by atoms with Crippen molar-refractivity contribution in [1.29, 1.82) is 0 Å². The van der Waals surface area contributed by atoms with Gasteiger partial charge in [0.1, 0.15) is 0 Å². The molecule has 5 N–H and O–H groups in total. The lowest BCUT2D eigenvalue weighted by molar-refractivity contribution is -0.134. The quantitative estimate of drug-likeness (QED) is 0.653. The van der Waals surface area contributed by atoms with E-state index in [0.717, 1.165) is 14.0 Å². The predicted molar refractivity (Wildman–Crippen MR) is 73.6 cm³/mol. The largest absolute Gasteiger partial charge is 0.481 e. The summed E-state index contributed by atoms with van der Waals surface area (Å²) in [4.78, 5) is 9.00. The predicted octanol–water partition coefficient (Wildman–Crippen LogP) is 1.26. The number of carboxylic acid groups (broad SMARTS) is 1. The fraction of sp³-hybridized carbons (Fsp3) is 0.462. The zero-order chi connectivity index (χ0) is 14.3. The number of hydrogen-bond donors (Lipinski definition) is 3. The van der Waals surface area contributed by atoms with Crippen molar-refractivity contribution in [2.75, 3.05) is 7.11 Å². The summed E-state index contributed by atoms with van der Waals surface area (Å²) in [5, 5.41) is 22.5. The lowest BCUT2D eigenvalue weighted by Gasteiger charge is -1.82. The third kappa shape index (κ3) is 62.2.